The van der Waals surface area contributed by atoms with Crippen LogP contribution in [0.3, 0.4) is 0 Å². The number of nitrogens with one attached hydrogen (secondary N) is 5. The van der Waals surface area contributed by atoms with Crippen molar-refractivity contribution in [2.45, 2.75) is 111 Å². The predicted molar refractivity (Wildman–Crippen MR) is 173 cm³/mol. The van der Waals surface area contributed by atoms with Crippen LogP contribution in [0.2, 0.25) is 0 Å². The molecule has 8 N–H and O–H groups in total. The molecule has 0 radical (unpaired) electrons. The molecule has 14 nitrogen and oxygen atoms in total. The lowest BCUT2D eigenvalue weighted by molar-refractivity contribution is -0.154. The molecule has 0 bridgehead atoms. The van der Waals surface area contributed by atoms with Crippen molar-refractivity contribution in [2.24, 2.45) is 17.1 Å². The molecular weight excluding hydrogens is 596 g/mol. The molecule has 5 amide bonds. The zero-order chi connectivity index (χ0) is 35.2. The second kappa shape index (κ2) is 18.1. The number of hydrogen-bond donors (Lipinski definition) is 7. The van der Waals surface area contributed by atoms with Gasteiger partial charge in [-0.3, -0.25) is 24.0 Å². The lowest BCUT2D eigenvalue weighted by Crippen LogP contribution is -2.59. The van der Waals surface area contributed by atoms with E-state index in [0.717, 1.165) is 5.56 Å². The number of primary amides is 1. The number of aliphatic carboxylic acids is 1. The molecule has 0 aliphatic heterocycles. The first-order valence-electron chi connectivity index (χ1n) is 15.4. The smallest absolute Gasteiger partial charge is 0.312 e. The molecule has 0 saturated heterocycles. The Morgan fingerprint density at radius 2 is 1.46 bits per heavy atom. The van der Waals surface area contributed by atoms with E-state index in [2.05, 4.69) is 26.6 Å². The minimum atomic E-state index is -1.05. The summed E-state index contributed by atoms with van der Waals surface area (Å²) < 4.78 is 5.33. The monoisotopic (exact) mass is 648 g/mol. The Hall–Kier alpha value is -4.20. The average Bonchev–Trinajstić information content (AvgIpc) is 2.93. The van der Waals surface area contributed by atoms with Crippen molar-refractivity contribution in [1.82, 2.24) is 21.3 Å². The fraction of sp³-hybridized carbons (Fsp3) is 0.625. The number of amides is 5. The lowest BCUT2D eigenvalue weighted by atomic mass is 9.97. The number of nitrogens with two attached hydrogens (primary N) is 1. The average molecular weight is 649 g/mol. The molecule has 3 unspecified atom stereocenters. The maximum absolute atomic E-state index is 13.5. The molecule has 14 heteroatoms. The van der Waals surface area contributed by atoms with E-state index in [9.17, 15) is 28.8 Å². The molecule has 0 aromatic heterocycles. The van der Waals surface area contributed by atoms with Crippen LogP contribution in [0.25, 0.3) is 0 Å². The van der Waals surface area contributed by atoms with Crippen LogP contribution >= 0.6 is 0 Å². The normalized spacial score (nSPS) is 13.6. The number of carbonyl (C=O) groups excluding carboxylic acids is 5. The molecule has 1 rings (SSSR count). The van der Waals surface area contributed by atoms with Gasteiger partial charge in [-0.25, -0.2) is 4.79 Å². The van der Waals surface area contributed by atoms with Crippen molar-refractivity contribution in [1.29, 1.82) is 0 Å². The van der Waals surface area contributed by atoms with Gasteiger partial charge in [-0.1, -0.05) is 26.0 Å². The van der Waals surface area contributed by atoms with Gasteiger partial charge in [0, 0.05) is 24.2 Å². The summed E-state index contributed by atoms with van der Waals surface area (Å²) in [6.45, 7) is 14.5. The zero-order valence-corrected chi connectivity index (χ0v) is 28.2. The van der Waals surface area contributed by atoms with Crippen molar-refractivity contribution in [3.8, 4) is 0 Å². The molecule has 0 spiro atoms. The van der Waals surface area contributed by atoms with Crippen LogP contribution in [-0.2, 0) is 35.3 Å². The van der Waals surface area contributed by atoms with Crippen LogP contribution in [0, 0.1) is 11.3 Å². The molecule has 46 heavy (non-hydrogen) atoms. The summed E-state index contributed by atoms with van der Waals surface area (Å²) in [6, 6.07) is 3.02. The SMILES string of the molecule is CC(C)C(NC(=O)C(CCC(=O)O)NC(C)(C)C)C(=O)NC(CCCNC(N)=O)C(=O)Nc1ccc(COC(=O)C(C)(C)C)cc1. The summed E-state index contributed by atoms with van der Waals surface area (Å²) in [5.41, 5.74) is 5.15. The lowest BCUT2D eigenvalue weighted by Gasteiger charge is -2.30. The largest absolute Gasteiger partial charge is 0.481 e. The molecular formula is C32H52N6O8. The molecule has 0 aliphatic rings. The third-order valence-electron chi connectivity index (χ3n) is 6.62. The first-order chi connectivity index (χ1) is 21.2. The Morgan fingerprint density at radius 3 is 1.96 bits per heavy atom. The van der Waals surface area contributed by atoms with Crippen LogP contribution in [0.15, 0.2) is 24.3 Å². The van der Waals surface area contributed by atoms with Gasteiger partial charge in [0.1, 0.15) is 18.7 Å². The molecule has 0 heterocycles. The summed E-state index contributed by atoms with van der Waals surface area (Å²) in [7, 11) is 0. The minimum absolute atomic E-state index is 0.0145. The summed E-state index contributed by atoms with van der Waals surface area (Å²) in [4.78, 5) is 74.4. The highest BCUT2D eigenvalue weighted by atomic mass is 16.5. The zero-order valence-electron chi connectivity index (χ0n) is 28.2. The summed E-state index contributed by atoms with van der Waals surface area (Å²) in [6.07, 6.45) is 0.222. The van der Waals surface area contributed by atoms with E-state index < -0.39 is 58.8 Å². The van der Waals surface area contributed by atoms with Crippen LogP contribution in [-0.4, -0.2) is 71.0 Å². The van der Waals surface area contributed by atoms with Crippen LogP contribution in [0.5, 0.6) is 0 Å². The van der Waals surface area contributed by atoms with Gasteiger partial charge in [0.25, 0.3) is 0 Å². The topological polar surface area (TPSA) is 218 Å². The van der Waals surface area contributed by atoms with E-state index in [1.807, 2.05) is 20.8 Å². The molecule has 0 saturated carbocycles. The van der Waals surface area contributed by atoms with E-state index in [-0.39, 0.29) is 44.3 Å². The number of carboxylic acid groups (broad SMARTS) is 1. The van der Waals surface area contributed by atoms with Gasteiger partial charge in [-0.05, 0) is 84.4 Å². The van der Waals surface area contributed by atoms with Gasteiger partial charge in [0.15, 0.2) is 0 Å². The van der Waals surface area contributed by atoms with E-state index in [4.69, 9.17) is 15.6 Å². The fourth-order valence-electron chi connectivity index (χ4n) is 4.18. The van der Waals surface area contributed by atoms with Crippen LogP contribution in [0.4, 0.5) is 10.5 Å². The van der Waals surface area contributed by atoms with Crippen LogP contribution < -0.4 is 32.3 Å². The number of carboxylic acids is 1. The first kappa shape index (κ1) is 39.8. The standard InChI is InChI=1S/C32H52N6O8/c1-19(2)25(37-27(42)23(15-16-24(39)40)38-32(6,7)8)28(43)36-22(10-9-17-34-30(33)45)26(41)35-21-13-11-20(12-14-21)18-46-29(44)31(3,4)5/h11-14,19,22-23,25,38H,9-10,15-18H2,1-8H3,(H,35,41)(H,36,43)(H,37,42)(H,39,40)(H3,33,34,45). The Morgan fingerprint density at radius 1 is 0.848 bits per heavy atom. The van der Waals surface area contributed by atoms with Crippen molar-refractivity contribution in [3.05, 3.63) is 29.8 Å². The summed E-state index contributed by atoms with van der Waals surface area (Å²) in [5.74, 6) is -3.43. The highest BCUT2D eigenvalue weighted by Crippen LogP contribution is 2.18. The second-order valence-electron chi connectivity index (χ2n) is 13.6. The van der Waals surface area contributed by atoms with Gasteiger partial charge >= 0.3 is 18.0 Å². The van der Waals surface area contributed by atoms with E-state index in [0.29, 0.717) is 12.1 Å². The van der Waals surface area contributed by atoms with Crippen molar-refractivity contribution < 1.29 is 38.6 Å². The summed E-state index contributed by atoms with van der Waals surface area (Å²) in [5, 5.41) is 22.9. The third-order valence-corrected chi connectivity index (χ3v) is 6.62. The van der Waals surface area contributed by atoms with Gasteiger partial charge in [0.05, 0.1) is 11.5 Å². The van der Waals surface area contributed by atoms with Gasteiger partial charge in [-0.15, -0.1) is 0 Å². The number of anilines is 1. The van der Waals surface area contributed by atoms with E-state index in [1.54, 1.807) is 58.9 Å². The summed E-state index contributed by atoms with van der Waals surface area (Å²) >= 11 is 0. The Balaban J connectivity index is 3.06. The number of ether oxygens (including phenoxy) is 1. The van der Waals surface area contributed by atoms with Crippen molar-refractivity contribution in [3.63, 3.8) is 0 Å². The molecule has 258 valence electrons. The van der Waals surface area contributed by atoms with Crippen LogP contribution in [0.1, 0.15) is 86.6 Å². The number of urea groups is 1. The predicted octanol–water partition coefficient (Wildman–Crippen LogP) is 2.41. The highest BCUT2D eigenvalue weighted by molar-refractivity contribution is 5.98. The quantitative estimate of drug-likeness (QED) is 0.0973. The van der Waals surface area contributed by atoms with E-state index in [1.165, 1.54) is 0 Å². The molecule has 3 atom stereocenters. The van der Waals surface area contributed by atoms with E-state index >= 15 is 0 Å². The van der Waals surface area contributed by atoms with Crippen molar-refractivity contribution >= 4 is 41.4 Å². The van der Waals surface area contributed by atoms with Gasteiger partial charge < -0.3 is 42.2 Å². The highest BCUT2D eigenvalue weighted by Gasteiger charge is 2.32. The number of esters is 1. The molecule has 0 aliphatic carbocycles. The molecule has 0 fully saturated rings. The Kier molecular flexibility index (Phi) is 15.6. The first-order valence-corrected chi connectivity index (χ1v) is 15.4. The molecule has 1 aromatic carbocycles. The Bertz CT molecular complexity index is 1200. The number of carbonyl (C=O) groups is 6. The minimum Gasteiger partial charge on any atom is -0.481 e. The fourth-order valence-corrected chi connectivity index (χ4v) is 4.18. The van der Waals surface area contributed by atoms with Gasteiger partial charge in [-0.2, -0.15) is 0 Å². The number of rotatable bonds is 17. The van der Waals surface area contributed by atoms with Crippen molar-refractivity contribution in [2.75, 3.05) is 11.9 Å². The van der Waals surface area contributed by atoms with Gasteiger partial charge in [0.2, 0.25) is 17.7 Å². The molecule has 1 aromatic rings. The Labute approximate surface area is 271 Å². The number of benzene rings is 1. The number of hydrogen-bond acceptors (Lipinski definition) is 8. The maximum atomic E-state index is 13.5. The third kappa shape index (κ3) is 15.7. The second-order valence-corrected chi connectivity index (χ2v) is 13.6. The maximum Gasteiger partial charge on any atom is 0.312 e.